The summed E-state index contributed by atoms with van der Waals surface area (Å²) in [5.74, 6) is 0.864. The minimum Gasteiger partial charge on any atom is -0.356 e. The molecule has 0 bridgehead atoms. The fourth-order valence-corrected chi connectivity index (χ4v) is 2.38. The van der Waals surface area contributed by atoms with Crippen LogP contribution in [0.1, 0.15) is 39.0 Å². The van der Waals surface area contributed by atoms with Crippen molar-refractivity contribution >= 4 is 11.9 Å². The van der Waals surface area contributed by atoms with Crippen LogP contribution in [0.3, 0.4) is 0 Å². The van der Waals surface area contributed by atoms with E-state index in [1.165, 1.54) is 32.4 Å². The highest BCUT2D eigenvalue weighted by molar-refractivity contribution is 5.81. The van der Waals surface area contributed by atoms with Crippen LogP contribution in [0.4, 0.5) is 0 Å². The van der Waals surface area contributed by atoms with Gasteiger partial charge in [-0.2, -0.15) is 0 Å². The van der Waals surface area contributed by atoms with Crippen LogP contribution in [-0.4, -0.2) is 63.1 Å². The summed E-state index contributed by atoms with van der Waals surface area (Å²) in [6, 6.07) is 0. The van der Waals surface area contributed by atoms with Gasteiger partial charge in [0, 0.05) is 39.6 Å². The van der Waals surface area contributed by atoms with Crippen molar-refractivity contribution in [2.75, 3.05) is 46.3 Å². The smallest absolute Gasteiger partial charge is 0.221 e. The van der Waals surface area contributed by atoms with Crippen LogP contribution >= 0.6 is 0 Å². The number of guanidine groups is 1. The molecule has 1 saturated heterocycles. The average Bonchev–Trinajstić information content (AvgIpc) is 2.52. The molecule has 1 aliphatic rings. The molecule has 0 unspecified atom stereocenters. The molecule has 0 spiro atoms. The van der Waals surface area contributed by atoms with E-state index < -0.39 is 0 Å². The molecule has 21 heavy (non-hydrogen) atoms. The van der Waals surface area contributed by atoms with Crippen molar-refractivity contribution in [2.45, 2.75) is 39.0 Å². The molecule has 0 aromatic rings. The van der Waals surface area contributed by atoms with Crippen LogP contribution < -0.4 is 16.0 Å². The lowest BCUT2D eigenvalue weighted by Gasteiger charge is -2.26. The second kappa shape index (κ2) is 11.4. The molecule has 1 aliphatic heterocycles. The van der Waals surface area contributed by atoms with E-state index in [0.717, 1.165) is 32.0 Å². The van der Waals surface area contributed by atoms with Crippen molar-refractivity contribution in [2.24, 2.45) is 4.99 Å². The molecule has 0 radical (unpaired) electrons. The Morgan fingerprint density at radius 2 is 1.76 bits per heavy atom. The minimum absolute atomic E-state index is 0.0909. The standard InChI is InChI=1S/C15H31N5O/c1-3-8-17-14(21)7-9-18-15(16-2)19-10-13-20-11-5-4-6-12-20/h3-13H2,1-2H3,(H,17,21)(H2,16,18,19). The van der Waals surface area contributed by atoms with Crippen molar-refractivity contribution in [1.82, 2.24) is 20.9 Å². The number of hydrogen-bond acceptors (Lipinski definition) is 3. The van der Waals surface area contributed by atoms with E-state index in [4.69, 9.17) is 0 Å². The SMILES string of the molecule is CCCNC(=O)CCNC(=NC)NCCN1CCCCC1. The van der Waals surface area contributed by atoms with E-state index in [2.05, 4.69) is 25.8 Å². The predicted molar refractivity (Wildman–Crippen MR) is 87.6 cm³/mol. The zero-order chi connectivity index (χ0) is 15.3. The largest absolute Gasteiger partial charge is 0.356 e. The maximum Gasteiger partial charge on any atom is 0.221 e. The third kappa shape index (κ3) is 8.55. The molecule has 122 valence electrons. The molecule has 0 aromatic carbocycles. The minimum atomic E-state index is 0.0909. The number of aliphatic imine (C=N–C) groups is 1. The van der Waals surface area contributed by atoms with Crippen molar-refractivity contribution in [1.29, 1.82) is 0 Å². The number of carbonyl (C=O) groups excluding carboxylic acids is 1. The van der Waals surface area contributed by atoms with Gasteiger partial charge in [0.25, 0.3) is 0 Å². The molecule has 0 atom stereocenters. The van der Waals surface area contributed by atoms with Crippen molar-refractivity contribution in [3.8, 4) is 0 Å². The second-order valence-corrected chi connectivity index (χ2v) is 5.43. The van der Waals surface area contributed by atoms with Crippen LogP contribution in [0.5, 0.6) is 0 Å². The quantitative estimate of drug-likeness (QED) is 0.452. The molecule has 0 saturated carbocycles. The number of amides is 1. The third-order valence-corrected chi connectivity index (χ3v) is 3.61. The van der Waals surface area contributed by atoms with Crippen molar-refractivity contribution < 1.29 is 4.79 Å². The maximum atomic E-state index is 11.5. The normalized spacial score (nSPS) is 16.6. The molecule has 1 amide bonds. The van der Waals surface area contributed by atoms with E-state index in [-0.39, 0.29) is 5.91 Å². The summed E-state index contributed by atoms with van der Waals surface area (Å²) in [4.78, 5) is 18.1. The molecule has 6 heteroatoms. The fourth-order valence-electron chi connectivity index (χ4n) is 2.38. The van der Waals surface area contributed by atoms with Gasteiger partial charge >= 0.3 is 0 Å². The molecule has 1 rings (SSSR count). The second-order valence-electron chi connectivity index (χ2n) is 5.43. The summed E-state index contributed by atoms with van der Waals surface area (Å²) in [6.45, 7) is 7.78. The van der Waals surface area contributed by atoms with E-state index in [1.807, 2.05) is 6.92 Å². The molecule has 0 aromatic heterocycles. The first kappa shape index (κ1) is 17.8. The summed E-state index contributed by atoms with van der Waals surface area (Å²) in [5.41, 5.74) is 0. The average molecular weight is 297 g/mol. The lowest BCUT2D eigenvalue weighted by atomic mass is 10.1. The Hall–Kier alpha value is -1.30. The summed E-state index contributed by atoms with van der Waals surface area (Å²) in [7, 11) is 1.76. The third-order valence-electron chi connectivity index (χ3n) is 3.61. The van der Waals surface area contributed by atoms with Crippen LogP contribution in [0, 0.1) is 0 Å². The van der Waals surface area contributed by atoms with Gasteiger partial charge in [-0.1, -0.05) is 13.3 Å². The lowest BCUT2D eigenvalue weighted by Crippen LogP contribution is -2.43. The van der Waals surface area contributed by atoms with Crippen LogP contribution in [0.15, 0.2) is 4.99 Å². The maximum absolute atomic E-state index is 11.5. The number of rotatable bonds is 8. The first-order valence-electron chi connectivity index (χ1n) is 8.19. The summed E-state index contributed by atoms with van der Waals surface area (Å²) >= 11 is 0. The van der Waals surface area contributed by atoms with Gasteiger partial charge in [0.05, 0.1) is 0 Å². The monoisotopic (exact) mass is 297 g/mol. The first-order valence-corrected chi connectivity index (χ1v) is 8.19. The van der Waals surface area contributed by atoms with E-state index >= 15 is 0 Å². The van der Waals surface area contributed by atoms with Crippen LogP contribution in [0.25, 0.3) is 0 Å². The Morgan fingerprint density at radius 1 is 1.05 bits per heavy atom. The molecular formula is C15H31N5O. The van der Waals surface area contributed by atoms with Gasteiger partial charge in [0.1, 0.15) is 0 Å². The highest BCUT2D eigenvalue weighted by atomic mass is 16.1. The Bertz CT molecular complexity index is 313. The van der Waals surface area contributed by atoms with Gasteiger partial charge in [-0.05, 0) is 32.4 Å². The molecular weight excluding hydrogens is 266 g/mol. The molecule has 1 heterocycles. The molecule has 1 fully saturated rings. The van der Waals surface area contributed by atoms with E-state index in [0.29, 0.717) is 13.0 Å². The highest BCUT2D eigenvalue weighted by Gasteiger charge is 2.09. The Labute approximate surface area is 128 Å². The number of carbonyl (C=O) groups is 1. The van der Waals surface area contributed by atoms with Gasteiger partial charge in [-0.15, -0.1) is 0 Å². The first-order chi connectivity index (χ1) is 10.3. The predicted octanol–water partition coefficient (Wildman–Crippen LogP) is 0.554. The molecule has 0 aliphatic carbocycles. The van der Waals surface area contributed by atoms with Gasteiger partial charge in [-0.3, -0.25) is 9.79 Å². The zero-order valence-electron chi connectivity index (χ0n) is 13.6. The van der Waals surface area contributed by atoms with Gasteiger partial charge in [0.2, 0.25) is 5.91 Å². The van der Waals surface area contributed by atoms with E-state index in [9.17, 15) is 4.79 Å². The summed E-state index contributed by atoms with van der Waals surface area (Å²) in [6.07, 6.45) is 5.46. The number of likely N-dealkylation sites (tertiary alicyclic amines) is 1. The Balaban J connectivity index is 2.07. The van der Waals surface area contributed by atoms with Crippen LogP contribution in [0.2, 0.25) is 0 Å². The Morgan fingerprint density at radius 3 is 2.43 bits per heavy atom. The number of hydrogen-bond donors (Lipinski definition) is 3. The van der Waals surface area contributed by atoms with Crippen molar-refractivity contribution in [3.05, 3.63) is 0 Å². The Kier molecular flexibility index (Phi) is 9.61. The molecule has 6 nitrogen and oxygen atoms in total. The lowest BCUT2D eigenvalue weighted by molar-refractivity contribution is -0.120. The highest BCUT2D eigenvalue weighted by Crippen LogP contribution is 2.07. The van der Waals surface area contributed by atoms with Gasteiger partial charge in [-0.25, -0.2) is 0 Å². The topological polar surface area (TPSA) is 68.8 Å². The number of piperidine rings is 1. The fraction of sp³-hybridized carbons (Fsp3) is 0.867. The summed E-state index contributed by atoms with van der Waals surface area (Å²) < 4.78 is 0. The van der Waals surface area contributed by atoms with E-state index in [1.54, 1.807) is 7.05 Å². The number of nitrogens with zero attached hydrogens (tertiary/aromatic N) is 2. The van der Waals surface area contributed by atoms with Crippen LogP contribution in [-0.2, 0) is 4.79 Å². The molecule has 3 N–H and O–H groups in total. The summed E-state index contributed by atoms with van der Waals surface area (Å²) in [5, 5.41) is 9.34. The zero-order valence-corrected chi connectivity index (χ0v) is 13.6. The van der Waals surface area contributed by atoms with Gasteiger partial charge < -0.3 is 20.9 Å². The van der Waals surface area contributed by atoms with Crippen molar-refractivity contribution in [3.63, 3.8) is 0 Å². The van der Waals surface area contributed by atoms with Gasteiger partial charge in [0.15, 0.2) is 5.96 Å². The number of nitrogens with one attached hydrogen (secondary N) is 3.